The number of halogens is 1. The third kappa shape index (κ3) is 2.50. The van der Waals surface area contributed by atoms with Gasteiger partial charge in [0, 0.05) is 13.1 Å². The second-order valence-electron chi connectivity index (χ2n) is 3.45. The van der Waals surface area contributed by atoms with Gasteiger partial charge in [-0.2, -0.15) is 0 Å². The second kappa shape index (κ2) is 5.16. The average molecular weight is 230 g/mol. The van der Waals surface area contributed by atoms with Crippen LogP contribution in [0.3, 0.4) is 0 Å². The lowest BCUT2D eigenvalue weighted by atomic mass is 10.1. The van der Waals surface area contributed by atoms with Gasteiger partial charge in [-0.1, -0.05) is 25.4 Å². The monoisotopic (exact) mass is 229 g/mol. The predicted octanol–water partition coefficient (Wildman–Crippen LogP) is 2.05. The van der Waals surface area contributed by atoms with Crippen LogP contribution in [0, 0.1) is 0 Å². The van der Waals surface area contributed by atoms with Crippen LogP contribution in [-0.4, -0.2) is 23.1 Å². The van der Waals surface area contributed by atoms with E-state index >= 15 is 0 Å². The van der Waals surface area contributed by atoms with E-state index in [-0.39, 0.29) is 10.6 Å². The number of hydrogen-bond donors (Lipinski definition) is 1. The maximum Gasteiger partial charge on any atom is 0.271 e. The van der Waals surface area contributed by atoms with Crippen molar-refractivity contribution in [1.82, 2.24) is 9.97 Å². The quantitative estimate of drug-likeness (QED) is 0.860. The Balaban J connectivity index is 3.05. The Morgan fingerprint density at radius 3 is 2.67 bits per heavy atom. The van der Waals surface area contributed by atoms with Crippen molar-refractivity contribution in [1.29, 1.82) is 0 Å². The lowest BCUT2D eigenvalue weighted by Gasteiger charge is -2.27. The van der Waals surface area contributed by atoms with Crippen molar-refractivity contribution in [3.05, 3.63) is 21.7 Å². The lowest BCUT2D eigenvalue weighted by Crippen LogP contribution is -2.32. The van der Waals surface area contributed by atoms with Gasteiger partial charge in [0.25, 0.3) is 5.56 Å². The molecule has 1 aromatic heterocycles. The fraction of sp³-hybridized carbons (Fsp3) is 0.600. The minimum absolute atomic E-state index is 0.159. The van der Waals surface area contributed by atoms with Crippen molar-refractivity contribution in [2.45, 2.75) is 32.7 Å². The normalized spacial score (nSPS) is 10.7. The molecule has 0 bridgehead atoms. The smallest absolute Gasteiger partial charge is 0.271 e. The van der Waals surface area contributed by atoms with E-state index in [1.54, 1.807) is 0 Å². The third-order valence-electron chi connectivity index (χ3n) is 2.60. The summed E-state index contributed by atoms with van der Waals surface area (Å²) in [6, 6.07) is 0.358. The summed E-state index contributed by atoms with van der Waals surface area (Å²) < 4.78 is 0. The highest BCUT2D eigenvalue weighted by Gasteiger charge is 2.16. The van der Waals surface area contributed by atoms with Crippen LogP contribution in [0.5, 0.6) is 0 Å². The largest absolute Gasteiger partial charge is 0.355 e. The second-order valence-corrected chi connectivity index (χ2v) is 3.83. The minimum Gasteiger partial charge on any atom is -0.355 e. The fourth-order valence-corrected chi connectivity index (χ4v) is 1.87. The molecule has 1 N–H and O–H groups in total. The highest BCUT2D eigenvalue weighted by atomic mass is 35.5. The third-order valence-corrected chi connectivity index (χ3v) is 2.94. The molecule has 0 aliphatic rings. The van der Waals surface area contributed by atoms with E-state index in [4.69, 9.17) is 11.6 Å². The molecule has 0 saturated heterocycles. The number of anilines is 1. The summed E-state index contributed by atoms with van der Waals surface area (Å²) in [5, 5.41) is 0.159. The molecule has 1 aromatic rings. The van der Waals surface area contributed by atoms with Gasteiger partial charge in [-0.25, -0.2) is 4.98 Å². The van der Waals surface area contributed by atoms with Crippen LogP contribution in [0.4, 0.5) is 5.82 Å². The molecule has 1 heterocycles. The van der Waals surface area contributed by atoms with Crippen LogP contribution in [0.25, 0.3) is 0 Å². The maximum absolute atomic E-state index is 11.3. The Hall–Kier alpha value is -1.03. The molecule has 0 radical (unpaired) electrons. The Labute approximate surface area is 94.3 Å². The maximum atomic E-state index is 11.3. The molecule has 0 aromatic carbocycles. The van der Waals surface area contributed by atoms with Crippen molar-refractivity contribution < 1.29 is 0 Å². The van der Waals surface area contributed by atoms with Gasteiger partial charge in [-0.05, 0) is 12.8 Å². The Kier molecular flexibility index (Phi) is 4.15. The Morgan fingerprint density at radius 2 is 2.13 bits per heavy atom. The summed E-state index contributed by atoms with van der Waals surface area (Å²) in [5.41, 5.74) is -0.292. The number of aromatic nitrogens is 2. The molecule has 0 amide bonds. The highest BCUT2D eigenvalue weighted by molar-refractivity contribution is 6.32. The molecule has 84 valence electrons. The molecule has 0 saturated carbocycles. The molecule has 0 aliphatic carbocycles. The molecule has 0 fully saturated rings. The van der Waals surface area contributed by atoms with E-state index < -0.39 is 0 Å². The summed E-state index contributed by atoms with van der Waals surface area (Å²) in [6.07, 6.45) is 3.37. The molecular weight excluding hydrogens is 214 g/mol. The van der Waals surface area contributed by atoms with E-state index in [0.717, 1.165) is 12.8 Å². The van der Waals surface area contributed by atoms with Gasteiger partial charge in [0.15, 0.2) is 5.82 Å². The van der Waals surface area contributed by atoms with Gasteiger partial charge in [-0.15, -0.1) is 0 Å². The molecule has 0 spiro atoms. The molecule has 4 nitrogen and oxygen atoms in total. The van der Waals surface area contributed by atoms with E-state index in [0.29, 0.717) is 11.9 Å². The van der Waals surface area contributed by atoms with Crippen molar-refractivity contribution >= 4 is 17.4 Å². The molecule has 1 rings (SSSR count). The van der Waals surface area contributed by atoms with Crippen molar-refractivity contribution in [3.63, 3.8) is 0 Å². The topological polar surface area (TPSA) is 49.0 Å². The summed E-state index contributed by atoms with van der Waals surface area (Å²) in [6.45, 7) is 4.21. The number of hydrogen-bond acceptors (Lipinski definition) is 3. The number of nitrogens with zero attached hydrogens (tertiary/aromatic N) is 2. The van der Waals surface area contributed by atoms with E-state index in [2.05, 4.69) is 23.8 Å². The van der Waals surface area contributed by atoms with E-state index in [1.165, 1.54) is 6.33 Å². The van der Waals surface area contributed by atoms with Crippen LogP contribution >= 0.6 is 11.6 Å². The zero-order valence-corrected chi connectivity index (χ0v) is 10.0. The van der Waals surface area contributed by atoms with Crippen LogP contribution in [0.2, 0.25) is 5.02 Å². The number of aromatic amines is 1. The molecular formula is C10H16ClN3O. The summed E-state index contributed by atoms with van der Waals surface area (Å²) in [4.78, 5) is 19.8. The molecule has 0 unspecified atom stereocenters. The zero-order valence-electron chi connectivity index (χ0n) is 9.25. The first-order valence-corrected chi connectivity index (χ1v) is 5.45. The van der Waals surface area contributed by atoms with Crippen LogP contribution in [-0.2, 0) is 0 Å². The molecule has 5 heteroatoms. The molecule has 15 heavy (non-hydrogen) atoms. The standard InChI is InChI=1S/C10H16ClN3O/c1-4-7(5-2)14(3)9-8(11)10(15)13-6-12-9/h6-7H,4-5H2,1-3H3,(H,12,13,15). The van der Waals surface area contributed by atoms with Crippen molar-refractivity contribution in [2.75, 3.05) is 11.9 Å². The Bertz CT molecular complexity index is 373. The Morgan fingerprint density at radius 1 is 1.53 bits per heavy atom. The summed E-state index contributed by atoms with van der Waals surface area (Å²) in [7, 11) is 1.91. The SMILES string of the molecule is CCC(CC)N(C)c1nc[nH]c(=O)c1Cl. The van der Waals surface area contributed by atoms with Crippen LogP contribution in [0.15, 0.2) is 11.1 Å². The van der Waals surface area contributed by atoms with Gasteiger partial charge in [0.1, 0.15) is 5.02 Å². The lowest BCUT2D eigenvalue weighted by molar-refractivity contribution is 0.586. The van der Waals surface area contributed by atoms with Gasteiger partial charge in [0.05, 0.1) is 6.33 Å². The van der Waals surface area contributed by atoms with Gasteiger partial charge < -0.3 is 9.88 Å². The first-order valence-electron chi connectivity index (χ1n) is 5.07. The van der Waals surface area contributed by atoms with E-state index in [9.17, 15) is 4.79 Å². The number of H-pyrrole nitrogens is 1. The zero-order chi connectivity index (χ0) is 11.4. The van der Waals surface area contributed by atoms with Crippen LogP contribution in [0.1, 0.15) is 26.7 Å². The number of rotatable bonds is 4. The molecule has 0 aliphatic heterocycles. The minimum atomic E-state index is -0.292. The van der Waals surface area contributed by atoms with Gasteiger partial charge in [0.2, 0.25) is 0 Å². The first-order chi connectivity index (χ1) is 7.11. The predicted molar refractivity (Wildman–Crippen MR) is 62.6 cm³/mol. The molecule has 0 atom stereocenters. The van der Waals surface area contributed by atoms with E-state index in [1.807, 2.05) is 11.9 Å². The fourth-order valence-electron chi connectivity index (χ4n) is 1.63. The van der Waals surface area contributed by atoms with Crippen LogP contribution < -0.4 is 10.5 Å². The van der Waals surface area contributed by atoms with Gasteiger partial charge >= 0.3 is 0 Å². The van der Waals surface area contributed by atoms with Crippen molar-refractivity contribution in [3.8, 4) is 0 Å². The first kappa shape index (κ1) is 12.0. The average Bonchev–Trinajstić information content (AvgIpc) is 2.23. The number of nitrogens with one attached hydrogen (secondary N) is 1. The summed E-state index contributed by atoms with van der Waals surface area (Å²) >= 11 is 5.90. The highest BCUT2D eigenvalue weighted by Crippen LogP contribution is 2.21. The summed E-state index contributed by atoms with van der Waals surface area (Å²) in [5.74, 6) is 0.550. The van der Waals surface area contributed by atoms with Crippen molar-refractivity contribution in [2.24, 2.45) is 0 Å². The van der Waals surface area contributed by atoms with Gasteiger partial charge in [-0.3, -0.25) is 4.79 Å².